The van der Waals surface area contributed by atoms with Crippen LogP contribution in [0.1, 0.15) is 28.4 Å². The molecular formula is C18H19BrN2O2. The van der Waals surface area contributed by atoms with Crippen molar-refractivity contribution in [1.82, 2.24) is 5.32 Å². The molecule has 2 aromatic carbocycles. The first kappa shape index (κ1) is 17.2. The Bertz CT molecular complexity index is 729. The van der Waals surface area contributed by atoms with E-state index in [2.05, 4.69) is 26.6 Å². The molecule has 120 valence electrons. The summed E-state index contributed by atoms with van der Waals surface area (Å²) in [6, 6.07) is 13.0. The molecule has 0 atom stereocenters. The summed E-state index contributed by atoms with van der Waals surface area (Å²) in [5, 5.41) is 5.52. The highest BCUT2D eigenvalue weighted by atomic mass is 79.9. The Morgan fingerprint density at radius 2 is 1.83 bits per heavy atom. The predicted octanol–water partition coefficient (Wildman–Crippen LogP) is 3.69. The lowest BCUT2D eigenvalue weighted by atomic mass is 10.1. The summed E-state index contributed by atoms with van der Waals surface area (Å²) in [5.41, 5.74) is 3.42. The zero-order chi connectivity index (χ0) is 16.8. The van der Waals surface area contributed by atoms with Gasteiger partial charge in [0, 0.05) is 10.2 Å². The number of nitrogens with one attached hydrogen (secondary N) is 2. The minimum absolute atomic E-state index is 0.0718. The Labute approximate surface area is 144 Å². The van der Waals surface area contributed by atoms with E-state index in [0.29, 0.717) is 10.0 Å². The van der Waals surface area contributed by atoms with Gasteiger partial charge < -0.3 is 10.6 Å². The van der Waals surface area contributed by atoms with Crippen LogP contribution in [-0.4, -0.2) is 18.4 Å². The van der Waals surface area contributed by atoms with Gasteiger partial charge in [-0.3, -0.25) is 9.59 Å². The number of aryl methyl sites for hydroxylation is 2. The highest BCUT2D eigenvalue weighted by Gasteiger charge is 2.12. The maximum absolute atomic E-state index is 12.1. The summed E-state index contributed by atoms with van der Waals surface area (Å²) in [6.45, 7) is 3.92. The maximum atomic E-state index is 12.1. The number of carbonyl (C=O) groups is 2. The largest absolute Gasteiger partial charge is 0.343 e. The van der Waals surface area contributed by atoms with Crippen molar-refractivity contribution in [2.24, 2.45) is 0 Å². The second-order valence-electron chi connectivity index (χ2n) is 5.17. The minimum Gasteiger partial charge on any atom is -0.343 e. The molecule has 5 heteroatoms. The van der Waals surface area contributed by atoms with Crippen molar-refractivity contribution in [2.45, 2.75) is 20.3 Å². The topological polar surface area (TPSA) is 58.2 Å². The molecule has 2 amide bonds. The molecule has 0 saturated heterocycles. The molecule has 0 radical (unpaired) electrons. The molecule has 2 N–H and O–H groups in total. The summed E-state index contributed by atoms with van der Waals surface area (Å²) in [4.78, 5) is 24.2. The van der Waals surface area contributed by atoms with Gasteiger partial charge in [0.2, 0.25) is 5.91 Å². The van der Waals surface area contributed by atoms with Crippen LogP contribution < -0.4 is 10.6 Å². The quantitative estimate of drug-likeness (QED) is 0.838. The molecule has 0 bridgehead atoms. The molecule has 2 aromatic rings. The van der Waals surface area contributed by atoms with Crippen LogP contribution >= 0.6 is 15.9 Å². The SMILES string of the molecule is CCc1cccc(C)c1NC(=O)CNC(=O)c1ccccc1Br. The second-order valence-corrected chi connectivity index (χ2v) is 6.03. The molecule has 0 aliphatic rings. The van der Waals surface area contributed by atoms with E-state index in [0.717, 1.165) is 23.2 Å². The zero-order valence-electron chi connectivity index (χ0n) is 13.2. The minimum atomic E-state index is -0.284. The Balaban J connectivity index is 1.99. The van der Waals surface area contributed by atoms with Crippen LogP contribution in [-0.2, 0) is 11.2 Å². The zero-order valence-corrected chi connectivity index (χ0v) is 14.7. The van der Waals surface area contributed by atoms with E-state index in [1.165, 1.54) is 0 Å². The van der Waals surface area contributed by atoms with Crippen molar-refractivity contribution in [1.29, 1.82) is 0 Å². The highest BCUT2D eigenvalue weighted by molar-refractivity contribution is 9.10. The molecule has 23 heavy (non-hydrogen) atoms. The number of para-hydroxylation sites is 1. The molecular weight excluding hydrogens is 356 g/mol. The monoisotopic (exact) mass is 374 g/mol. The number of hydrogen-bond donors (Lipinski definition) is 2. The normalized spacial score (nSPS) is 10.2. The summed E-state index contributed by atoms with van der Waals surface area (Å²) >= 11 is 3.32. The Kier molecular flexibility index (Phi) is 5.93. The number of rotatable bonds is 5. The van der Waals surface area contributed by atoms with Crippen molar-refractivity contribution in [3.05, 3.63) is 63.6 Å². The molecule has 0 fully saturated rings. The summed E-state index contributed by atoms with van der Waals surface area (Å²) in [7, 11) is 0. The number of amides is 2. The predicted molar refractivity (Wildman–Crippen MR) is 95.7 cm³/mol. The number of halogens is 1. The number of hydrogen-bond acceptors (Lipinski definition) is 2. The van der Waals surface area contributed by atoms with Crippen molar-refractivity contribution in [2.75, 3.05) is 11.9 Å². The molecule has 2 rings (SSSR count). The third-order valence-corrected chi connectivity index (χ3v) is 4.22. The van der Waals surface area contributed by atoms with Gasteiger partial charge in [0.05, 0.1) is 12.1 Å². The third-order valence-electron chi connectivity index (χ3n) is 3.53. The Morgan fingerprint density at radius 3 is 2.52 bits per heavy atom. The summed E-state index contributed by atoms with van der Waals surface area (Å²) in [5.74, 6) is -0.525. The lowest BCUT2D eigenvalue weighted by Gasteiger charge is -2.13. The van der Waals surface area contributed by atoms with E-state index in [9.17, 15) is 9.59 Å². The van der Waals surface area contributed by atoms with Gasteiger partial charge in [-0.25, -0.2) is 0 Å². The lowest BCUT2D eigenvalue weighted by molar-refractivity contribution is -0.115. The molecule has 0 aromatic heterocycles. The van der Waals surface area contributed by atoms with Gasteiger partial charge in [0.25, 0.3) is 5.91 Å². The van der Waals surface area contributed by atoms with Gasteiger partial charge in [0.1, 0.15) is 0 Å². The maximum Gasteiger partial charge on any atom is 0.252 e. The third kappa shape index (κ3) is 4.42. The first-order valence-corrected chi connectivity index (χ1v) is 8.23. The van der Waals surface area contributed by atoms with Gasteiger partial charge in [-0.2, -0.15) is 0 Å². The van der Waals surface area contributed by atoms with Gasteiger partial charge in [-0.1, -0.05) is 37.3 Å². The summed E-state index contributed by atoms with van der Waals surface area (Å²) in [6.07, 6.45) is 0.834. The number of carbonyl (C=O) groups excluding carboxylic acids is 2. The van der Waals surface area contributed by atoms with Gasteiger partial charge in [-0.15, -0.1) is 0 Å². The van der Waals surface area contributed by atoms with Crippen LogP contribution in [0.4, 0.5) is 5.69 Å². The molecule has 0 unspecified atom stereocenters. The fourth-order valence-corrected chi connectivity index (χ4v) is 2.75. The van der Waals surface area contributed by atoms with E-state index in [-0.39, 0.29) is 18.4 Å². The van der Waals surface area contributed by atoms with E-state index in [1.54, 1.807) is 18.2 Å². The Morgan fingerprint density at radius 1 is 1.09 bits per heavy atom. The van der Waals surface area contributed by atoms with Crippen LogP contribution in [0.2, 0.25) is 0 Å². The molecule has 0 heterocycles. The van der Waals surface area contributed by atoms with E-state index < -0.39 is 0 Å². The van der Waals surface area contributed by atoms with Gasteiger partial charge in [0.15, 0.2) is 0 Å². The average molecular weight is 375 g/mol. The molecule has 4 nitrogen and oxygen atoms in total. The highest BCUT2D eigenvalue weighted by Crippen LogP contribution is 2.21. The van der Waals surface area contributed by atoms with Crippen LogP contribution in [0.3, 0.4) is 0 Å². The molecule has 0 spiro atoms. The van der Waals surface area contributed by atoms with Crippen molar-refractivity contribution < 1.29 is 9.59 Å². The fraction of sp³-hybridized carbons (Fsp3) is 0.222. The van der Waals surface area contributed by atoms with Crippen molar-refractivity contribution in [3.8, 4) is 0 Å². The average Bonchev–Trinajstić information content (AvgIpc) is 2.55. The standard InChI is InChI=1S/C18H19BrN2O2/c1-3-13-8-6-7-12(2)17(13)21-16(22)11-20-18(23)14-9-4-5-10-15(14)19/h4-10H,3,11H2,1-2H3,(H,20,23)(H,21,22). The Hall–Kier alpha value is -2.14. The van der Waals surface area contributed by atoms with Crippen LogP contribution in [0.5, 0.6) is 0 Å². The van der Waals surface area contributed by atoms with Gasteiger partial charge >= 0.3 is 0 Å². The number of benzene rings is 2. The van der Waals surface area contributed by atoms with E-state index in [1.807, 2.05) is 38.1 Å². The van der Waals surface area contributed by atoms with E-state index in [4.69, 9.17) is 0 Å². The van der Waals surface area contributed by atoms with Gasteiger partial charge in [-0.05, 0) is 52.5 Å². The summed E-state index contributed by atoms with van der Waals surface area (Å²) < 4.78 is 0.699. The van der Waals surface area contributed by atoms with Crippen LogP contribution in [0.25, 0.3) is 0 Å². The van der Waals surface area contributed by atoms with Crippen molar-refractivity contribution >= 4 is 33.4 Å². The van der Waals surface area contributed by atoms with E-state index >= 15 is 0 Å². The first-order valence-electron chi connectivity index (χ1n) is 7.44. The molecule has 0 saturated carbocycles. The van der Waals surface area contributed by atoms with Crippen LogP contribution in [0.15, 0.2) is 46.9 Å². The second kappa shape index (κ2) is 7.92. The van der Waals surface area contributed by atoms with Crippen LogP contribution in [0, 0.1) is 6.92 Å². The molecule has 0 aliphatic carbocycles. The number of anilines is 1. The lowest BCUT2D eigenvalue weighted by Crippen LogP contribution is -2.33. The first-order chi connectivity index (χ1) is 11.0. The molecule has 0 aliphatic heterocycles. The smallest absolute Gasteiger partial charge is 0.252 e. The van der Waals surface area contributed by atoms with Crippen molar-refractivity contribution in [3.63, 3.8) is 0 Å². The fourth-order valence-electron chi connectivity index (χ4n) is 2.29.